The van der Waals surface area contributed by atoms with Crippen LogP contribution in [0, 0.1) is 0 Å². The first-order valence-electron chi connectivity index (χ1n) is 7.21. The monoisotopic (exact) mass is 295 g/mol. The molecule has 0 radical (unpaired) electrons. The number of anilines is 2. The number of hydrogen-bond donors (Lipinski definition) is 2. The van der Waals surface area contributed by atoms with Gasteiger partial charge in [-0.1, -0.05) is 24.9 Å². The number of carbonyl (C=O) groups excluding carboxylic acids is 1. The molecule has 0 spiro atoms. The quantitative estimate of drug-likeness (QED) is 0.839. The summed E-state index contributed by atoms with van der Waals surface area (Å²) < 4.78 is 0. The molecule has 0 saturated carbocycles. The largest absolute Gasteiger partial charge is 0.397 e. The van der Waals surface area contributed by atoms with Crippen molar-refractivity contribution in [1.29, 1.82) is 0 Å². The predicted molar refractivity (Wildman–Crippen MR) is 84.0 cm³/mol. The number of likely N-dealkylation sites (tertiary alicyclic amines) is 1. The second-order valence-corrected chi connectivity index (χ2v) is 5.65. The topological polar surface area (TPSA) is 58.4 Å². The molecule has 3 N–H and O–H groups in total. The minimum absolute atomic E-state index is 0.0381. The first-order valence-corrected chi connectivity index (χ1v) is 7.59. The molecule has 0 bridgehead atoms. The van der Waals surface area contributed by atoms with Gasteiger partial charge in [-0.3, -0.25) is 9.69 Å². The van der Waals surface area contributed by atoms with Crippen LogP contribution >= 0.6 is 11.6 Å². The number of carbonyl (C=O) groups is 1. The van der Waals surface area contributed by atoms with Crippen LogP contribution < -0.4 is 11.1 Å². The molecular formula is C15H22ClN3O. The fraction of sp³-hybridized carbons (Fsp3) is 0.533. The molecule has 1 saturated heterocycles. The van der Waals surface area contributed by atoms with Crippen LogP contribution in [0.15, 0.2) is 18.2 Å². The first-order chi connectivity index (χ1) is 9.61. The summed E-state index contributed by atoms with van der Waals surface area (Å²) in [5.41, 5.74) is 6.94. The van der Waals surface area contributed by atoms with Crippen LogP contribution in [0.4, 0.5) is 11.4 Å². The van der Waals surface area contributed by atoms with Crippen LogP contribution in [-0.4, -0.2) is 29.9 Å². The molecule has 1 atom stereocenters. The Morgan fingerprint density at radius 3 is 2.70 bits per heavy atom. The van der Waals surface area contributed by atoms with Crippen molar-refractivity contribution in [2.24, 2.45) is 0 Å². The van der Waals surface area contributed by atoms with Gasteiger partial charge < -0.3 is 11.1 Å². The summed E-state index contributed by atoms with van der Waals surface area (Å²) in [4.78, 5) is 14.7. The Morgan fingerprint density at radius 2 is 2.10 bits per heavy atom. The first kappa shape index (κ1) is 15.1. The average Bonchev–Trinajstić information content (AvgIpc) is 2.45. The van der Waals surface area contributed by atoms with Gasteiger partial charge in [-0.2, -0.15) is 0 Å². The summed E-state index contributed by atoms with van der Waals surface area (Å²) in [6.07, 6.45) is 4.44. The van der Waals surface area contributed by atoms with Gasteiger partial charge in [0, 0.05) is 5.69 Å². The number of amides is 1. The molecule has 1 aromatic carbocycles. The Hall–Kier alpha value is -1.26. The van der Waals surface area contributed by atoms with Crippen molar-refractivity contribution in [1.82, 2.24) is 4.90 Å². The van der Waals surface area contributed by atoms with E-state index in [-0.39, 0.29) is 11.9 Å². The lowest BCUT2D eigenvalue weighted by atomic mass is 10.1. The van der Waals surface area contributed by atoms with Crippen molar-refractivity contribution in [3.05, 3.63) is 23.2 Å². The lowest BCUT2D eigenvalue weighted by Gasteiger charge is -2.33. The summed E-state index contributed by atoms with van der Waals surface area (Å²) in [5, 5.41) is 3.44. The second kappa shape index (κ2) is 6.95. The number of hydrogen-bond acceptors (Lipinski definition) is 3. The van der Waals surface area contributed by atoms with Crippen molar-refractivity contribution >= 4 is 28.9 Å². The van der Waals surface area contributed by atoms with Gasteiger partial charge in [0.25, 0.3) is 0 Å². The molecule has 1 aliphatic rings. The third-order valence-corrected chi connectivity index (χ3v) is 4.13. The van der Waals surface area contributed by atoms with Gasteiger partial charge in [0.15, 0.2) is 0 Å². The summed E-state index contributed by atoms with van der Waals surface area (Å²) in [6.45, 7) is 4.07. The highest BCUT2D eigenvalue weighted by molar-refractivity contribution is 6.33. The molecule has 1 unspecified atom stereocenters. The smallest absolute Gasteiger partial charge is 0.241 e. The zero-order chi connectivity index (χ0) is 14.5. The van der Waals surface area contributed by atoms with E-state index >= 15 is 0 Å². The summed E-state index contributed by atoms with van der Waals surface area (Å²) >= 11 is 5.88. The molecule has 1 heterocycles. The van der Waals surface area contributed by atoms with Crippen LogP contribution in [0.3, 0.4) is 0 Å². The molecular weight excluding hydrogens is 274 g/mol. The highest BCUT2D eigenvalue weighted by atomic mass is 35.5. The average molecular weight is 296 g/mol. The van der Waals surface area contributed by atoms with Crippen molar-refractivity contribution in [3.63, 3.8) is 0 Å². The summed E-state index contributed by atoms with van der Waals surface area (Å²) in [5.74, 6) is 0.0381. The third kappa shape index (κ3) is 3.64. The number of nitrogens with one attached hydrogen (secondary N) is 1. The van der Waals surface area contributed by atoms with Crippen LogP contribution in [0.1, 0.15) is 32.6 Å². The number of nitrogens with two attached hydrogens (primary N) is 1. The van der Waals surface area contributed by atoms with Crippen LogP contribution in [0.2, 0.25) is 5.02 Å². The molecule has 4 nitrogen and oxygen atoms in total. The maximum atomic E-state index is 12.4. The van der Waals surface area contributed by atoms with Gasteiger partial charge in [0.05, 0.1) is 16.8 Å². The minimum Gasteiger partial charge on any atom is -0.397 e. The number of rotatable bonds is 4. The van der Waals surface area contributed by atoms with E-state index in [1.54, 1.807) is 18.2 Å². The molecule has 110 valence electrons. The molecule has 1 aromatic rings. The molecule has 20 heavy (non-hydrogen) atoms. The standard InChI is InChI=1S/C15H22ClN3O/c1-2-14(19-8-4-3-5-9-19)15(20)18-11-6-7-12(16)13(17)10-11/h6-7,10,14H,2-5,8-9,17H2,1H3,(H,18,20). The highest BCUT2D eigenvalue weighted by Gasteiger charge is 2.25. The molecule has 2 rings (SSSR count). The third-order valence-electron chi connectivity index (χ3n) is 3.78. The molecule has 0 aliphatic carbocycles. The van der Waals surface area contributed by atoms with Crippen molar-refractivity contribution < 1.29 is 4.79 Å². The lowest BCUT2D eigenvalue weighted by molar-refractivity contribution is -0.121. The Morgan fingerprint density at radius 1 is 1.40 bits per heavy atom. The van der Waals surface area contributed by atoms with Crippen molar-refractivity contribution in [2.75, 3.05) is 24.1 Å². The Labute approximate surface area is 125 Å². The molecule has 1 amide bonds. The van der Waals surface area contributed by atoms with Crippen molar-refractivity contribution in [2.45, 2.75) is 38.6 Å². The van der Waals surface area contributed by atoms with E-state index < -0.39 is 0 Å². The number of halogens is 1. The summed E-state index contributed by atoms with van der Waals surface area (Å²) in [6, 6.07) is 5.11. The van der Waals surface area contributed by atoms with Gasteiger partial charge in [-0.15, -0.1) is 0 Å². The van der Waals surface area contributed by atoms with E-state index in [0.29, 0.717) is 16.4 Å². The maximum Gasteiger partial charge on any atom is 0.241 e. The fourth-order valence-corrected chi connectivity index (χ4v) is 2.80. The SMILES string of the molecule is CCC(C(=O)Nc1ccc(Cl)c(N)c1)N1CCCCC1. The van der Waals surface area contributed by atoms with E-state index in [1.807, 2.05) is 0 Å². The zero-order valence-electron chi connectivity index (χ0n) is 11.9. The number of nitrogens with zero attached hydrogens (tertiary/aromatic N) is 1. The van der Waals surface area contributed by atoms with E-state index in [2.05, 4.69) is 17.1 Å². The van der Waals surface area contributed by atoms with Crippen molar-refractivity contribution in [3.8, 4) is 0 Å². The number of nitrogen functional groups attached to an aromatic ring is 1. The van der Waals surface area contributed by atoms with Gasteiger partial charge in [-0.05, 0) is 50.6 Å². The highest BCUT2D eigenvalue weighted by Crippen LogP contribution is 2.23. The summed E-state index contributed by atoms with van der Waals surface area (Å²) in [7, 11) is 0. The Kier molecular flexibility index (Phi) is 5.26. The second-order valence-electron chi connectivity index (χ2n) is 5.25. The maximum absolute atomic E-state index is 12.4. The number of piperidine rings is 1. The van der Waals surface area contributed by atoms with Crippen LogP contribution in [0.5, 0.6) is 0 Å². The van der Waals surface area contributed by atoms with Gasteiger partial charge >= 0.3 is 0 Å². The number of benzene rings is 1. The fourth-order valence-electron chi connectivity index (χ4n) is 2.69. The normalized spacial score (nSPS) is 17.7. The van der Waals surface area contributed by atoms with E-state index in [0.717, 1.165) is 19.5 Å². The van der Waals surface area contributed by atoms with Gasteiger partial charge in [0.2, 0.25) is 5.91 Å². The lowest BCUT2D eigenvalue weighted by Crippen LogP contribution is -2.46. The molecule has 0 aromatic heterocycles. The van der Waals surface area contributed by atoms with Gasteiger partial charge in [-0.25, -0.2) is 0 Å². The molecule has 5 heteroatoms. The molecule has 1 fully saturated rings. The van der Waals surface area contributed by atoms with Crippen LogP contribution in [0.25, 0.3) is 0 Å². The van der Waals surface area contributed by atoms with Crippen LogP contribution in [-0.2, 0) is 4.79 Å². The Balaban J connectivity index is 2.02. The van der Waals surface area contributed by atoms with E-state index in [4.69, 9.17) is 17.3 Å². The van der Waals surface area contributed by atoms with E-state index in [1.165, 1.54) is 19.3 Å². The minimum atomic E-state index is -0.0628. The molecule has 1 aliphatic heterocycles. The Bertz CT molecular complexity index is 472. The zero-order valence-corrected chi connectivity index (χ0v) is 12.6. The predicted octanol–water partition coefficient (Wildman–Crippen LogP) is 3.13. The van der Waals surface area contributed by atoms with E-state index in [9.17, 15) is 4.79 Å². The van der Waals surface area contributed by atoms with Gasteiger partial charge in [0.1, 0.15) is 0 Å².